The molecule has 0 unspecified atom stereocenters. The third kappa shape index (κ3) is 4.62. The van der Waals surface area contributed by atoms with Crippen LogP contribution in [-0.2, 0) is 20.2 Å². The number of nitrogens with zero attached hydrogens (tertiary/aromatic N) is 3. The quantitative estimate of drug-likeness (QED) is 0.604. The Morgan fingerprint density at radius 3 is 2.70 bits per heavy atom. The normalized spacial score (nSPS) is 10.7. The second kappa shape index (κ2) is 8.46. The van der Waals surface area contributed by atoms with E-state index in [0.717, 1.165) is 11.3 Å². The Balaban J connectivity index is 1.68. The van der Waals surface area contributed by atoms with E-state index in [1.54, 1.807) is 47.1 Å². The molecular weight excluding hydrogens is 385 g/mol. The van der Waals surface area contributed by atoms with Crippen molar-refractivity contribution in [2.75, 3.05) is 7.05 Å². The Hall–Kier alpha value is -2.50. The number of hydrogen-bond acceptors (Lipinski definition) is 3. The first-order valence-electron chi connectivity index (χ1n) is 8.34. The summed E-state index contributed by atoms with van der Waals surface area (Å²) in [4.78, 5) is 14.4. The average Bonchev–Trinajstić information content (AvgIpc) is 3.07. The summed E-state index contributed by atoms with van der Waals surface area (Å²) in [6, 6.07) is 14.5. The first-order valence-corrected chi connectivity index (χ1v) is 9.09. The molecule has 0 bridgehead atoms. The zero-order chi connectivity index (χ0) is 19.4. The van der Waals surface area contributed by atoms with E-state index >= 15 is 0 Å². The zero-order valence-corrected chi connectivity index (χ0v) is 16.5. The fourth-order valence-electron chi connectivity index (χ4n) is 2.64. The van der Waals surface area contributed by atoms with Gasteiger partial charge in [-0.05, 0) is 35.9 Å². The van der Waals surface area contributed by atoms with Crippen molar-refractivity contribution in [1.82, 2.24) is 14.7 Å². The number of aromatic nitrogens is 2. The highest BCUT2D eigenvalue weighted by Gasteiger charge is 2.14. The van der Waals surface area contributed by atoms with E-state index in [0.29, 0.717) is 27.9 Å². The van der Waals surface area contributed by atoms with Gasteiger partial charge in [0.25, 0.3) is 5.91 Å². The molecule has 0 radical (unpaired) electrons. The second-order valence-corrected chi connectivity index (χ2v) is 6.93. The maximum atomic E-state index is 12.7. The minimum absolute atomic E-state index is 0.0705. The Morgan fingerprint density at radius 1 is 1.19 bits per heavy atom. The van der Waals surface area contributed by atoms with E-state index in [1.807, 2.05) is 31.3 Å². The topological polar surface area (TPSA) is 47.4 Å². The summed E-state index contributed by atoms with van der Waals surface area (Å²) in [6.07, 6.45) is 1.71. The summed E-state index contributed by atoms with van der Waals surface area (Å²) in [7, 11) is 3.62. The van der Waals surface area contributed by atoms with Gasteiger partial charge in [-0.25, -0.2) is 0 Å². The van der Waals surface area contributed by atoms with E-state index < -0.39 is 0 Å². The molecule has 7 heteroatoms. The van der Waals surface area contributed by atoms with Crippen LogP contribution in [0, 0.1) is 0 Å². The molecule has 3 aromatic rings. The molecule has 0 aliphatic rings. The number of hydrogen-bond donors (Lipinski definition) is 0. The largest absolute Gasteiger partial charge is 0.487 e. The minimum atomic E-state index is -0.0705. The Morgan fingerprint density at radius 2 is 1.96 bits per heavy atom. The van der Waals surface area contributed by atoms with Crippen LogP contribution in [0.3, 0.4) is 0 Å². The molecule has 1 amide bonds. The van der Waals surface area contributed by atoms with Gasteiger partial charge < -0.3 is 9.64 Å². The number of carbonyl (C=O) groups excluding carboxylic acids is 1. The highest BCUT2D eigenvalue weighted by molar-refractivity contribution is 6.42. The highest BCUT2D eigenvalue weighted by atomic mass is 35.5. The Bertz CT molecular complexity index is 956. The van der Waals surface area contributed by atoms with Crippen LogP contribution in [0.4, 0.5) is 0 Å². The van der Waals surface area contributed by atoms with Crippen LogP contribution in [0.5, 0.6) is 5.75 Å². The first-order chi connectivity index (χ1) is 13.0. The van der Waals surface area contributed by atoms with Gasteiger partial charge in [-0.1, -0.05) is 41.4 Å². The van der Waals surface area contributed by atoms with Gasteiger partial charge in [-0.3, -0.25) is 9.48 Å². The van der Waals surface area contributed by atoms with Crippen LogP contribution in [0.2, 0.25) is 10.0 Å². The molecule has 0 N–H and O–H groups in total. The Kier molecular flexibility index (Phi) is 6.04. The molecule has 0 saturated heterocycles. The number of amides is 1. The predicted octanol–water partition coefficient (Wildman–Crippen LogP) is 4.58. The summed E-state index contributed by atoms with van der Waals surface area (Å²) < 4.78 is 7.50. The van der Waals surface area contributed by atoms with Crippen molar-refractivity contribution in [2.45, 2.75) is 13.2 Å². The molecule has 27 heavy (non-hydrogen) atoms. The van der Waals surface area contributed by atoms with Crippen LogP contribution >= 0.6 is 23.2 Å². The van der Waals surface area contributed by atoms with Crippen molar-refractivity contribution in [1.29, 1.82) is 0 Å². The second-order valence-electron chi connectivity index (χ2n) is 6.15. The molecule has 1 heterocycles. The van der Waals surface area contributed by atoms with Crippen LogP contribution in [0.1, 0.15) is 21.6 Å². The minimum Gasteiger partial charge on any atom is -0.487 e. The SMILES string of the molecule is CN(Cc1ccnn1C)C(=O)c1cccc(COc2cccc(Cl)c2Cl)c1. The smallest absolute Gasteiger partial charge is 0.253 e. The van der Waals surface area contributed by atoms with Gasteiger partial charge in [0.05, 0.1) is 17.3 Å². The van der Waals surface area contributed by atoms with Gasteiger partial charge in [0.15, 0.2) is 0 Å². The molecule has 140 valence electrons. The lowest BCUT2D eigenvalue weighted by atomic mass is 10.1. The van der Waals surface area contributed by atoms with Crippen molar-refractivity contribution in [3.05, 3.63) is 81.6 Å². The van der Waals surface area contributed by atoms with Crippen molar-refractivity contribution in [2.24, 2.45) is 7.05 Å². The van der Waals surface area contributed by atoms with E-state index in [1.165, 1.54) is 0 Å². The van der Waals surface area contributed by atoms with Crippen LogP contribution in [0.15, 0.2) is 54.7 Å². The average molecular weight is 404 g/mol. The molecule has 0 aliphatic carbocycles. The summed E-state index contributed by atoms with van der Waals surface area (Å²) in [5, 5.41) is 4.94. The molecule has 5 nitrogen and oxygen atoms in total. The van der Waals surface area contributed by atoms with Gasteiger partial charge in [0, 0.05) is 25.9 Å². The lowest BCUT2D eigenvalue weighted by molar-refractivity contribution is 0.0782. The number of ether oxygens (including phenoxy) is 1. The van der Waals surface area contributed by atoms with Crippen molar-refractivity contribution in [3.8, 4) is 5.75 Å². The van der Waals surface area contributed by atoms with Gasteiger partial charge >= 0.3 is 0 Å². The molecule has 0 spiro atoms. The summed E-state index contributed by atoms with van der Waals surface area (Å²) in [6.45, 7) is 0.765. The molecule has 0 fully saturated rings. The Labute approximate surface area is 168 Å². The van der Waals surface area contributed by atoms with Crippen molar-refractivity contribution >= 4 is 29.1 Å². The summed E-state index contributed by atoms with van der Waals surface area (Å²) >= 11 is 12.1. The number of carbonyl (C=O) groups is 1. The van der Waals surface area contributed by atoms with Crippen molar-refractivity contribution in [3.63, 3.8) is 0 Å². The van der Waals surface area contributed by atoms with Crippen molar-refractivity contribution < 1.29 is 9.53 Å². The molecule has 3 rings (SSSR count). The number of aryl methyl sites for hydroxylation is 1. The molecule has 0 atom stereocenters. The number of halogens is 2. The zero-order valence-electron chi connectivity index (χ0n) is 15.0. The van der Waals surface area contributed by atoms with Crippen LogP contribution in [-0.4, -0.2) is 27.6 Å². The first kappa shape index (κ1) is 19.3. The monoisotopic (exact) mass is 403 g/mol. The van der Waals surface area contributed by atoms with Gasteiger partial charge in [0.1, 0.15) is 17.4 Å². The predicted molar refractivity (Wildman–Crippen MR) is 106 cm³/mol. The third-order valence-electron chi connectivity index (χ3n) is 4.15. The molecule has 1 aromatic heterocycles. The summed E-state index contributed by atoms with van der Waals surface area (Å²) in [5.74, 6) is 0.438. The van der Waals surface area contributed by atoms with E-state index in [9.17, 15) is 4.79 Å². The molecule has 0 saturated carbocycles. The van der Waals surface area contributed by atoms with Crippen LogP contribution < -0.4 is 4.74 Å². The number of rotatable bonds is 6. The maximum Gasteiger partial charge on any atom is 0.253 e. The lowest BCUT2D eigenvalue weighted by Gasteiger charge is -2.18. The van der Waals surface area contributed by atoms with E-state index in [2.05, 4.69) is 5.10 Å². The highest BCUT2D eigenvalue weighted by Crippen LogP contribution is 2.32. The molecule has 0 aliphatic heterocycles. The van der Waals surface area contributed by atoms with Gasteiger partial charge in [-0.2, -0.15) is 5.10 Å². The van der Waals surface area contributed by atoms with E-state index in [4.69, 9.17) is 27.9 Å². The van der Waals surface area contributed by atoms with Gasteiger partial charge in [0.2, 0.25) is 0 Å². The summed E-state index contributed by atoms with van der Waals surface area (Å²) in [5.41, 5.74) is 2.42. The fraction of sp³-hybridized carbons (Fsp3) is 0.200. The molecule has 2 aromatic carbocycles. The third-order valence-corrected chi connectivity index (χ3v) is 4.95. The van der Waals surface area contributed by atoms with E-state index in [-0.39, 0.29) is 12.5 Å². The fourth-order valence-corrected chi connectivity index (χ4v) is 2.99. The lowest BCUT2D eigenvalue weighted by Crippen LogP contribution is -2.27. The van der Waals surface area contributed by atoms with Gasteiger partial charge in [-0.15, -0.1) is 0 Å². The standard InChI is InChI=1S/C20H19Cl2N3O2/c1-24(12-16-9-10-23-25(16)2)20(26)15-6-3-5-14(11-15)13-27-18-8-4-7-17(21)19(18)22/h3-11H,12-13H2,1-2H3. The molecular formula is C20H19Cl2N3O2. The maximum absolute atomic E-state index is 12.7. The van der Waals surface area contributed by atoms with Crippen LogP contribution in [0.25, 0.3) is 0 Å². The number of benzene rings is 2.